The van der Waals surface area contributed by atoms with E-state index in [0.717, 1.165) is 5.56 Å². The van der Waals surface area contributed by atoms with Gasteiger partial charge in [-0.25, -0.2) is 0 Å². The summed E-state index contributed by atoms with van der Waals surface area (Å²) < 4.78 is 5.43. The number of benzene rings is 1. The third-order valence-corrected chi connectivity index (χ3v) is 2.80. The van der Waals surface area contributed by atoms with Gasteiger partial charge < -0.3 is 10.1 Å². The van der Waals surface area contributed by atoms with E-state index in [1.165, 1.54) is 0 Å². The number of ether oxygens (including phenoxy) is 1. The zero-order valence-electron chi connectivity index (χ0n) is 10.9. The van der Waals surface area contributed by atoms with Crippen molar-refractivity contribution in [3.63, 3.8) is 0 Å². The lowest BCUT2D eigenvalue weighted by Gasteiger charge is -2.19. The fourth-order valence-corrected chi connectivity index (χ4v) is 1.56. The number of nitrogens with zero attached hydrogens (tertiary/aromatic N) is 1. The number of nitrogens with one attached hydrogen (secondary N) is 1. The average Bonchev–Trinajstić information content (AvgIpc) is 2.43. The molecule has 0 fully saturated rings. The van der Waals surface area contributed by atoms with Crippen LogP contribution in [0.5, 0.6) is 0 Å². The number of esters is 1. The molecule has 4 nitrogen and oxygen atoms in total. The Morgan fingerprint density at radius 2 is 2.28 bits per heavy atom. The Kier molecular flexibility index (Phi) is 5.34. The van der Waals surface area contributed by atoms with E-state index in [-0.39, 0.29) is 18.1 Å². The number of likely N-dealkylation sites (N-methyl/N-ethyl adjacent to an activating group) is 1. The molecule has 0 bridgehead atoms. The van der Waals surface area contributed by atoms with Gasteiger partial charge in [-0.15, -0.1) is 0 Å². The Hall–Kier alpha value is -1.86. The standard InChI is InChI=1S/C14H18N2O2/c1-4-13(18-14(17)10(2)16-3)12-7-5-6-11(8-12)9-15/h5-8,10,13,16H,4H2,1-3H3/t10-,13?/m0/s1. The molecular weight excluding hydrogens is 228 g/mol. The van der Waals surface area contributed by atoms with Crippen LogP contribution in [0.25, 0.3) is 0 Å². The molecule has 4 heteroatoms. The van der Waals surface area contributed by atoms with Crippen molar-refractivity contribution in [1.29, 1.82) is 5.26 Å². The Morgan fingerprint density at radius 3 is 2.83 bits per heavy atom. The van der Waals surface area contributed by atoms with Crippen LogP contribution in [0.1, 0.15) is 37.5 Å². The van der Waals surface area contributed by atoms with Crippen LogP contribution in [-0.2, 0) is 9.53 Å². The first kappa shape index (κ1) is 14.2. The van der Waals surface area contributed by atoms with Crippen LogP contribution in [0.4, 0.5) is 0 Å². The first-order chi connectivity index (χ1) is 8.62. The van der Waals surface area contributed by atoms with Crippen LogP contribution in [0.3, 0.4) is 0 Å². The lowest BCUT2D eigenvalue weighted by molar-refractivity contribution is -0.151. The second-order valence-electron chi connectivity index (χ2n) is 4.08. The van der Waals surface area contributed by atoms with Crippen LogP contribution in [0.2, 0.25) is 0 Å². The predicted octanol–water partition coefficient (Wildman–Crippen LogP) is 2.16. The van der Waals surface area contributed by atoms with Crippen molar-refractivity contribution in [1.82, 2.24) is 5.32 Å². The lowest BCUT2D eigenvalue weighted by atomic mass is 10.0. The molecule has 18 heavy (non-hydrogen) atoms. The maximum Gasteiger partial charge on any atom is 0.323 e. The average molecular weight is 246 g/mol. The minimum absolute atomic E-state index is 0.285. The summed E-state index contributed by atoms with van der Waals surface area (Å²) in [5.74, 6) is -0.285. The highest BCUT2D eigenvalue weighted by Gasteiger charge is 2.19. The van der Waals surface area contributed by atoms with E-state index in [1.54, 1.807) is 32.2 Å². The van der Waals surface area contributed by atoms with Crippen molar-refractivity contribution < 1.29 is 9.53 Å². The zero-order chi connectivity index (χ0) is 13.5. The summed E-state index contributed by atoms with van der Waals surface area (Å²) >= 11 is 0. The van der Waals surface area contributed by atoms with Gasteiger partial charge in [-0.2, -0.15) is 5.26 Å². The molecule has 1 rings (SSSR count). The second kappa shape index (κ2) is 6.77. The number of hydrogen-bond donors (Lipinski definition) is 1. The molecule has 0 aliphatic rings. The SMILES string of the molecule is CCC(OC(=O)[C@H](C)NC)c1cccc(C#N)c1. The number of hydrogen-bond acceptors (Lipinski definition) is 4. The van der Waals surface area contributed by atoms with E-state index in [9.17, 15) is 4.79 Å². The Labute approximate surface area is 108 Å². The fraction of sp³-hybridized carbons (Fsp3) is 0.429. The van der Waals surface area contributed by atoms with Gasteiger partial charge in [0.05, 0.1) is 11.6 Å². The Bertz CT molecular complexity index is 451. The third-order valence-electron chi connectivity index (χ3n) is 2.80. The number of carbonyl (C=O) groups is 1. The van der Waals surface area contributed by atoms with Gasteiger partial charge in [-0.3, -0.25) is 4.79 Å². The van der Waals surface area contributed by atoms with Crippen molar-refractivity contribution in [3.8, 4) is 6.07 Å². The number of rotatable bonds is 5. The number of nitriles is 1. The van der Waals surface area contributed by atoms with E-state index in [1.807, 2.05) is 13.0 Å². The maximum absolute atomic E-state index is 11.7. The number of carbonyl (C=O) groups excluding carboxylic acids is 1. The molecule has 1 unspecified atom stereocenters. The van der Waals surface area contributed by atoms with E-state index in [4.69, 9.17) is 10.00 Å². The topological polar surface area (TPSA) is 62.1 Å². The summed E-state index contributed by atoms with van der Waals surface area (Å²) in [6, 6.07) is 8.90. The van der Waals surface area contributed by atoms with Crippen molar-refractivity contribution in [3.05, 3.63) is 35.4 Å². The predicted molar refractivity (Wildman–Crippen MR) is 68.8 cm³/mol. The monoisotopic (exact) mass is 246 g/mol. The highest BCUT2D eigenvalue weighted by Crippen LogP contribution is 2.22. The van der Waals surface area contributed by atoms with Gasteiger partial charge in [0.2, 0.25) is 0 Å². The molecule has 0 aliphatic carbocycles. The summed E-state index contributed by atoms with van der Waals surface area (Å²) in [5.41, 5.74) is 1.43. The first-order valence-electron chi connectivity index (χ1n) is 6.00. The first-order valence-corrected chi connectivity index (χ1v) is 6.00. The summed E-state index contributed by atoms with van der Waals surface area (Å²) in [4.78, 5) is 11.7. The van der Waals surface area contributed by atoms with Gasteiger partial charge in [0.15, 0.2) is 0 Å². The Balaban J connectivity index is 2.83. The van der Waals surface area contributed by atoms with Crippen molar-refractivity contribution in [2.75, 3.05) is 7.05 Å². The largest absolute Gasteiger partial charge is 0.456 e. The van der Waals surface area contributed by atoms with Crippen LogP contribution in [0.15, 0.2) is 24.3 Å². The highest BCUT2D eigenvalue weighted by molar-refractivity contribution is 5.75. The minimum atomic E-state index is -0.335. The lowest BCUT2D eigenvalue weighted by Crippen LogP contribution is -2.33. The molecule has 0 spiro atoms. The van der Waals surface area contributed by atoms with E-state index in [2.05, 4.69) is 11.4 Å². The molecule has 1 N–H and O–H groups in total. The van der Waals surface area contributed by atoms with Gasteiger partial charge in [0, 0.05) is 0 Å². The Morgan fingerprint density at radius 1 is 1.56 bits per heavy atom. The molecule has 1 aromatic carbocycles. The van der Waals surface area contributed by atoms with Gasteiger partial charge >= 0.3 is 5.97 Å². The van der Waals surface area contributed by atoms with Gasteiger partial charge in [0.25, 0.3) is 0 Å². The van der Waals surface area contributed by atoms with Gasteiger partial charge in [0.1, 0.15) is 12.1 Å². The third kappa shape index (κ3) is 3.57. The van der Waals surface area contributed by atoms with Crippen molar-refractivity contribution in [2.24, 2.45) is 0 Å². The molecule has 0 saturated heterocycles. The molecule has 0 aliphatic heterocycles. The van der Waals surface area contributed by atoms with Gasteiger partial charge in [-0.05, 0) is 38.1 Å². The molecule has 0 aromatic heterocycles. The second-order valence-corrected chi connectivity index (χ2v) is 4.08. The molecule has 1 aromatic rings. The van der Waals surface area contributed by atoms with Crippen LogP contribution >= 0.6 is 0 Å². The quantitative estimate of drug-likeness (QED) is 0.809. The summed E-state index contributed by atoms with van der Waals surface area (Å²) in [7, 11) is 1.71. The zero-order valence-corrected chi connectivity index (χ0v) is 10.9. The minimum Gasteiger partial charge on any atom is -0.456 e. The van der Waals surface area contributed by atoms with Gasteiger partial charge in [-0.1, -0.05) is 19.1 Å². The molecule has 0 saturated carbocycles. The molecular formula is C14H18N2O2. The van der Waals surface area contributed by atoms with Crippen molar-refractivity contribution in [2.45, 2.75) is 32.4 Å². The fourth-order valence-electron chi connectivity index (χ4n) is 1.56. The maximum atomic E-state index is 11.7. The summed E-state index contributed by atoms with van der Waals surface area (Å²) in [6.45, 7) is 3.70. The smallest absolute Gasteiger partial charge is 0.323 e. The molecule has 2 atom stereocenters. The van der Waals surface area contributed by atoms with Crippen LogP contribution in [0, 0.1) is 11.3 Å². The highest BCUT2D eigenvalue weighted by atomic mass is 16.5. The normalized spacial score (nSPS) is 13.4. The molecule has 0 radical (unpaired) electrons. The van der Waals surface area contributed by atoms with E-state index >= 15 is 0 Å². The summed E-state index contributed by atoms with van der Waals surface area (Å²) in [5, 5.41) is 11.7. The molecule has 0 heterocycles. The summed E-state index contributed by atoms with van der Waals surface area (Å²) in [6.07, 6.45) is 0.374. The molecule has 96 valence electrons. The van der Waals surface area contributed by atoms with Crippen LogP contribution in [-0.4, -0.2) is 19.1 Å². The molecule has 0 amide bonds. The van der Waals surface area contributed by atoms with E-state index in [0.29, 0.717) is 12.0 Å². The van der Waals surface area contributed by atoms with E-state index < -0.39 is 0 Å². The van der Waals surface area contributed by atoms with Crippen molar-refractivity contribution >= 4 is 5.97 Å². The van der Waals surface area contributed by atoms with Crippen LogP contribution < -0.4 is 5.32 Å².